The van der Waals surface area contributed by atoms with Crippen molar-refractivity contribution in [1.29, 1.82) is 0 Å². The molecule has 0 aliphatic carbocycles. The molecule has 0 unspecified atom stereocenters. The summed E-state index contributed by atoms with van der Waals surface area (Å²) in [5, 5.41) is 3.42. The first-order valence-electron chi connectivity index (χ1n) is 7.37. The molecule has 20 heavy (non-hydrogen) atoms. The SMILES string of the molecule is CCN(CC)c1ccc(NCc2cccn2CC)cn1. The van der Waals surface area contributed by atoms with Crippen molar-refractivity contribution in [2.75, 3.05) is 23.3 Å². The van der Waals surface area contributed by atoms with E-state index >= 15 is 0 Å². The van der Waals surface area contributed by atoms with Crippen LogP contribution >= 0.6 is 0 Å². The molecule has 0 bridgehead atoms. The molecule has 0 aromatic carbocycles. The van der Waals surface area contributed by atoms with Crippen molar-refractivity contribution >= 4 is 11.5 Å². The van der Waals surface area contributed by atoms with E-state index < -0.39 is 0 Å². The highest BCUT2D eigenvalue weighted by molar-refractivity contribution is 5.48. The summed E-state index contributed by atoms with van der Waals surface area (Å²) in [5.41, 5.74) is 2.35. The van der Waals surface area contributed by atoms with Crippen LogP contribution in [-0.2, 0) is 13.1 Å². The van der Waals surface area contributed by atoms with Crippen LogP contribution in [0.1, 0.15) is 26.5 Å². The Morgan fingerprint density at radius 2 is 1.95 bits per heavy atom. The van der Waals surface area contributed by atoms with Crippen molar-refractivity contribution in [1.82, 2.24) is 9.55 Å². The monoisotopic (exact) mass is 272 g/mol. The van der Waals surface area contributed by atoms with Gasteiger partial charge in [0, 0.05) is 31.5 Å². The minimum Gasteiger partial charge on any atom is -0.378 e. The van der Waals surface area contributed by atoms with Crippen LogP contribution in [0.2, 0.25) is 0 Å². The second kappa shape index (κ2) is 6.98. The zero-order chi connectivity index (χ0) is 14.4. The van der Waals surface area contributed by atoms with Gasteiger partial charge in [0.1, 0.15) is 5.82 Å². The summed E-state index contributed by atoms with van der Waals surface area (Å²) < 4.78 is 2.24. The molecular formula is C16H24N4. The first-order valence-corrected chi connectivity index (χ1v) is 7.37. The number of anilines is 2. The molecule has 0 fully saturated rings. The Hall–Kier alpha value is -1.97. The number of pyridine rings is 1. The van der Waals surface area contributed by atoms with E-state index in [1.165, 1.54) is 5.69 Å². The third-order valence-electron chi connectivity index (χ3n) is 3.57. The highest BCUT2D eigenvalue weighted by Gasteiger charge is 2.03. The van der Waals surface area contributed by atoms with E-state index in [1.807, 2.05) is 6.20 Å². The number of nitrogens with zero attached hydrogens (tertiary/aromatic N) is 3. The predicted octanol–water partition coefficient (Wildman–Crippen LogP) is 3.36. The van der Waals surface area contributed by atoms with Crippen molar-refractivity contribution in [3.8, 4) is 0 Å². The van der Waals surface area contributed by atoms with Gasteiger partial charge in [0.25, 0.3) is 0 Å². The van der Waals surface area contributed by atoms with Gasteiger partial charge in [0.05, 0.1) is 18.4 Å². The molecule has 2 rings (SSSR count). The fourth-order valence-corrected chi connectivity index (χ4v) is 2.34. The van der Waals surface area contributed by atoms with Crippen molar-refractivity contribution in [2.24, 2.45) is 0 Å². The maximum absolute atomic E-state index is 4.52. The smallest absolute Gasteiger partial charge is 0.128 e. The Balaban J connectivity index is 1.97. The third-order valence-corrected chi connectivity index (χ3v) is 3.57. The summed E-state index contributed by atoms with van der Waals surface area (Å²) in [5.74, 6) is 1.04. The molecule has 2 aromatic rings. The average molecular weight is 272 g/mol. The van der Waals surface area contributed by atoms with Crippen LogP contribution < -0.4 is 10.2 Å². The van der Waals surface area contributed by atoms with Crippen LogP contribution in [0, 0.1) is 0 Å². The third kappa shape index (κ3) is 3.32. The number of aryl methyl sites for hydroxylation is 1. The molecule has 0 atom stereocenters. The second-order valence-electron chi connectivity index (χ2n) is 4.72. The highest BCUT2D eigenvalue weighted by atomic mass is 15.2. The van der Waals surface area contributed by atoms with Crippen molar-refractivity contribution in [3.05, 3.63) is 42.4 Å². The van der Waals surface area contributed by atoms with Crippen LogP contribution in [0.3, 0.4) is 0 Å². The molecule has 0 amide bonds. The number of hydrogen-bond acceptors (Lipinski definition) is 3. The van der Waals surface area contributed by atoms with Gasteiger partial charge in [-0.3, -0.25) is 0 Å². The second-order valence-corrected chi connectivity index (χ2v) is 4.72. The molecule has 2 aromatic heterocycles. The molecule has 0 aliphatic heterocycles. The molecule has 1 N–H and O–H groups in total. The minimum absolute atomic E-state index is 0.827. The van der Waals surface area contributed by atoms with Gasteiger partial charge in [-0.2, -0.15) is 0 Å². The maximum atomic E-state index is 4.52. The number of aromatic nitrogens is 2. The maximum Gasteiger partial charge on any atom is 0.128 e. The Morgan fingerprint density at radius 3 is 2.55 bits per heavy atom. The van der Waals surface area contributed by atoms with E-state index in [9.17, 15) is 0 Å². The van der Waals surface area contributed by atoms with E-state index in [1.54, 1.807) is 0 Å². The number of rotatable bonds is 7. The molecule has 108 valence electrons. The lowest BCUT2D eigenvalue weighted by atomic mass is 10.3. The van der Waals surface area contributed by atoms with E-state index in [-0.39, 0.29) is 0 Å². The van der Waals surface area contributed by atoms with Crippen LogP contribution in [0.4, 0.5) is 11.5 Å². The number of nitrogens with one attached hydrogen (secondary N) is 1. The fourth-order valence-electron chi connectivity index (χ4n) is 2.34. The van der Waals surface area contributed by atoms with E-state index in [0.717, 1.165) is 37.7 Å². The van der Waals surface area contributed by atoms with Gasteiger partial charge in [-0.15, -0.1) is 0 Å². The molecule has 4 heteroatoms. The molecule has 0 saturated carbocycles. The molecule has 0 aliphatic rings. The molecule has 4 nitrogen and oxygen atoms in total. The Morgan fingerprint density at radius 1 is 1.15 bits per heavy atom. The average Bonchev–Trinajstić information content (AvgIpc) is 2.95. The van der Waals surface area contributed by atoms with Gasteiger partial charge in [-0.05, 0) is 45.0 Å². The summed E-state index contributed by atoms with van der Waals surface area (Å²) in [6.45, 7) is 10.3. The first kappa shape index (κ1) is 14.4. The fraction of sp³-hybridized carbons (Fsp3) is 0.438. The Labute approximate surface area is 121 Å². The molecular weight excluding hydrogens is 248 g/mol. The van der Waals surface area contributed by atoms with Gasteiger partial charge in [0.2, 0.25) is 0 Å². The molecule has 0 radical (unpaired) electrons. The number of hydrogen-bond donors (Lipinski definition) is 1. The summed E-state index contributed by atoms with van der Waals surface area (Å²) in [6, 6.07) is 8.41. The normalized spacial score (nSPS) is 10.6. The zero-order valence-corrected chi connectivity index (χ0v) is 12.6. The van der Waals surface area contributed by atoms with Gasteiger partial charge in [-0.1, -0.05) is 0 Å². The Kier molecular flexibility index (Phi) is 5.04. The zero-order valence-electron chi connectivity index (χ0n) is 12.6. The van der Waals surface area contributed by atoms with Crippen molar-refractivity contribution in [2.45, 2.75) is 33.9 Å². The predicted molar refractivity (Wildman–Crippen MR) is 85.2 cm³/mol. The van der Waals surface area contributed by atoms with Gasteiger partial charge < -0.3 is 14.8 Å². The molecule has 0 spiro atoms. The topological polar surface area (TPSA) is 33.1 Å². The summed E-state index contributed by atoms with van der Waals surface area (Å²) in [7, 11) is 0. The van der Waals surface area contributed by atoms with Crippen LogP contribution in [0.15, 0.2) is 36.7 Å². The lowest BCUT2D eigenvalue weighted by molar-refractivity contribution is 0.724. The highest BCUT2D eigenvalue weighted by Crippen LogP contribution is 2.15. The van der Waals surface area contributed by atoms with Gasteiger partial charge in [-0.25, -0.2) is 4.98 Å². The summed E-state index contributed by atoms with van der Waals surface area (Å²) in [4.78, 5) is 6.76. The van der Waals surface area contributed by atoms with E-state index in [2.05, 4.69) is 71.0 Å². The van der Waals surface area contributed by atoms with E-state index in [4.69, 9.17) is 0 Å². The van der Waals surface area contributed by atoms with Crippen LogP contribution in [0.25, 0.3) is 0 Å². The van der Waals surface area contributed by atoms with Crippen LogP contribution in [-0.4, -0.2) is 22.6 Å². The van der Waals surface area contributed by atoms with Crippen LogP contribution in [0.5, 0.6) is 0 Å². The van der Waals surface area contributed by atoms with Crippen molar-refractivity contribution in [3.63, 3.8) is 0 Å². The lowest BCUT2D eigenvalue weighted by Crippen LogP contribution is -2.22. The standard InChI is InChI=1S/C16H24N4/c1-4-19(5-2)16-10-9-14(12-18-16)17-13-15-8-7-11-20(15)6-3/h7-12,17H,4-6,13H2,1-3H3. The van der Waals surface area contributed by atoms with Gasteiger partial charge >= 0.3 is 0 Å². The summed E-state index contributed by atoms with van der Waals surface area (Å²) >= 11 is 0. The Bertz CT molecular complexity index is 512. The first-order chi connectivity index (χ1) is 9.78. The quantitative estimate of drug-likeness (QED) is 0.839. The largest absolute Gasteiger partial charge is 0.378 e. The summed E-state index contributed by atoms with van der Waals surface area (Å²) in [6.07, 6.45) is 4.02. The minimum atomic E-state index is 0.827. The lowest BCUT2D eigenvalue weighted by Gasteiger charge is -2.19. The molecule has 0 saturated heterocycles. The molecule has 2 heterocycles. The van der Waals surface area contributed by atoms with Gasteiger partial charge in [0.15, 0.2) is 0 Å². The van der Waals surface area contributed by atoms with Crippen molar-refractivity contribution < 1.29 is 0 Å². The van der Waals surface area contributed by atoms with E-state index in [0.29, 0.717) is 0 Å².